The van der Waals surface area contributed by atoms with Gasteiger partial charge in [-0.15, -0.1) is 0 Å². The number of nitrogens with one attached hydrogen (secondary N) is 2. The van der Waals surface area contributed by atoms with Crippen molar-refractivity contribution in [3.05, 3.63) is 53.6 Å². The molecule has 8 heteroatoms. The normalized spacial score (nSPS) is 11.4. The second kappa shape index (κ2) is 8.33. The molecular formula is C17H20ClN3O3S. The Morgan fingerprint density at radius 1 is 1.00 bits per heavy atom. The maximum absolute atomic E-state index is 12.4. The first-order valence-electron chi connectivity index (χ1n) is 7.80. The maximum atomic E-state index is 12.4. The van der Waals surface area contributed by atoms with Gasteiger partial charge in [-0.25, -0.2) is 13.2 Å². The highest BCUT2D eigenvalue weighted by atomic mass is 35.5. The molecule has 0 aliphatic rings. The first kappa shape index (κ1) is 19.2. The molecule has 6 nitrogen and oxygen atoms in total. The number of sulfonamides is 1. The third kappa shape index (κ3) is 4.94. The quantitative estimate of drug-likeness (QED) is 0.793. The molecule has 2 N–H and O–H groups in total. The van der Waals surface area contributed by atoms with E-state index in [2.05, 4.69) is 10.6 Å². The summed E-state index contributed by atoms with van der Waals surface area (Å²) in [5, 5.41) is 5.81. The summed E-state index contributed by atoms with van der Waals surface area (Å²) >= 11 is 5.87. The first-order chi connectivity index (χ1) is 11.9. The fourth-order valence-corrected chi connectivity index (χ4v) is 3.93. The Morgan fingerprint density at radius 2 is 1.60 bits per heavy atom. The van der Waals surface area contributed by atoms with Crippen molar-refractivity contribution in [1.82, 2.24) is 4.31 Å². The van der Waals surface area contributed by atoms with E-state index in [0.717, 1.165) is 0 Å². The van der Waals surface area contributed by atoms with Gasteiger partial charge in [0.15, 0.2) is 0 Å². The number of amides is 2. The van der Waals surface area contributed by atoms with Gasteiger partial charge in [-0.3, -0.25) is 0 Å². The van der Waals surface area contributed by atoms with E-state index in [-0.39, 0.29) is 4.90 Å². The van der Waals surface area contributed by atoms with Crippen LogP contribution in [0.3, 0.4) is 0 Å². The molecule has 0 aromatic heterocycles. The summed E-state index contributed by atoms with van der Waals surface area (Å²) in [6, 6.07) is 12.4. The number of urea groups is 1. The van der Waals surface area contributed by atoms with Crippen LogP contribution in [0.5, 0.6) is 0 Å². The van der Waals surface area contributed by atoms with Gasteiger partial charge < -0.3 is 10.6 Å². The van der Waals surface area contributed by atoms with Gasteiger partial charge in [-0.2, -0.15) is 4.31 Å². The Hall–Kier alpha value is -2.09. The molecular weight excluding hydrogens is 362 g/mol. The van der Waals surface area contributed by atoms with E-state index >= 15 is 0 Å². The van der Waals surface area contributed by atoms with E-state index in [0.29, 0.717) is 29.5 Å². The largest absolute Gasteiger partial charge is 0.323 e. The Bertz CT molecular complexity index is 834. The van der Waals surface area contributed by atoms with Crippen LogP contribution < -0.4 is 10.6 Å². The zero-order valence-corrected chi connectivity index (χ0v) is 15.6. The number of benzene rings is 2. The van der Waals surface area contributed by atoms with E-state index in [4.69, 9.17) is 11.6 Å². The second-order valence-electron chi connectivity index (χ2n) is 5.20. The smallest absolute Gasteiger partial charge is 0.308 e. The van der Waals surface area contributed by atoms with Gasteiger partial charge in [0.05, 0.1) is 4.90 Å². The number of rotatable bonds is 6. The van der Waals surface area contributed by atoms with Gasteiger partial charge in [-0.1, -0.05) is 31.5 Å². The van der Waals surface area contributed by atoms with Crippen LogP contribution in [0.4, 0.5) is 16.2 Å². The minimum atomic E-state index is -3.51. The molecule has 0 spiro atoms. The number of carbonyl (C=O) groups is 1. The van der Waals surface area contributed by atoms with Crippen molar-refractivity contribution in [2.24, 2.45) is 0 Å². The fraction of sp³-hybridized carbons (Fsp3) is 0.235. The van der Waals surface area contributed by atoms with Crippen molar-refractivity contribution in [2.45, 2.75) is 18.7 Å². The molecule has 0 heterocycles. The molecule has 2 aromatic rings. The highest BCUT2D eigenvalue weighted by Gasteiger charge is 2.21. The predicted molar refractivity (Wildman–Crippen MR) is 101 cm³/mol. The molecule has 0 fully saturated rings. The Balaban J connectivity index is 2.06. The van der Waals surface area contributed by atoms with Crippen LogP contribution in [0.15, 0.2) is 53.4 Å². The van der Waals surface area contributed by atoms with Crippen LogP contribution in [-0.4, -0.2) is 31.8 Å². The van der Waals surface area contributed by atoms with E-state index in [1.54, 1.807) is 50.2 Å². The summed E-state index contributed by atoms with van der Waals surface area (Å²) in [6.07, 6.45) is 0. The molecule has 0 aliphatic carbocycles. The summed E-state index contributed by atoms with van der Waals surface area (Å²) in [5.74, 6) is 0. The lowest BCUT2D eigenvalue weighted by atomic mass is 10.3. The highest BCUT2D eigenvalue weighted by molar-refractivity contribution is 7.89. The summed E-state index contributed by atoms with van der Waals surface area (Å²) < 4.78 is 26.2. The first-order valence-corrected chi connectivity index (χ1v) is 9.62. The van der Waals surface area contributed by atoms with Gasteiger partial charge >= 0.3 is 6.03 Å². The van der Waals surface area contributed by atoms with E-state index < -0.39 is 16.1 Å². The number of anilines is 2. The summed E-state index contributed by atoms with van der Waals surface area (Å²) in [5.41, 5.74) is 1.05. The number of hydrogen-bond acceptors (Lipinski definition) is 3. The molecule has 0 bridgehead atoms. The van der Waals surface area contributed by atoms with E-state index in [9.17, 15) is 13.2 Å². The highest BCUT2D eigenvalue weighted by Crippen LogP contribution is 2.19. The molecule has 0 saturated carbocycles. The predicted octanol–water partition coefficient (Wildman–Crippen LogP) is 4.01. The minimum absolute atomic E-state index is 0.192. The summed E-state index contributed by atoms with van der Waals surface area (Å²) in [7, 11) is -3.51. The molecule has 25 heavy (non-hydrogen) atoms. The van der Waals surface area contributed by atoms with E-state index in [1.165, 1.54) is 16.4 Å². The topological polar surface area (TPSA) is 78.5 Å². The van der Waals surface area contributed by atoms with Crippen LogP contribution in [0.25, 0.3) is 0 Å². The molecule has 0 unspecified atom stereocenters. The van der Waals surface area contributed by atoms with Gasteiger partial charge in [0, 0.05) is 29.5 Å². The molecule has 2 aromatic carbocycles. The van der Waals surface area contributed by atoms with Crippen molar-refractivity contribution in [2.75, 3.05) is 23.7 Å². The standard InChI is InChI=1S/C17H20ClN3O3S/c1-3-21(4-2)25(23,24)16-10-8-14(9-11-16)19-17(22)20-15-7-5-6-13(18)12-15/h5-12H,3-4H2,1-2H3,(H2,19,20,22). The van der Waals surface area contributed by atoms with Crippen molar-refractivity contribution >= 4 is 39.0 Å². The van der Waals surface area contributed by atoms with Crippen molar-refractivity contribution in [3.8, 4) is 0 Å². The Morgan fingerprint density at radius 3 is 2.16 bits per heavy atom. The zero-order valence-electron chi connectivity index (χ0n) is 14.0. The molecule has 0 radical (unpaired) electrons. The monoisotopic (exact) mass is 381 g/mol. The Kier molecular flexibility index (Phi) is 6.41. The molecule has 2 amide bonds. The Labute approximate surface area is 152 Å². The van der Waals surface area contributed by atoms with Crippen LogP contribution in [0, 0.1) is 0 Å². The molecule has 0 saturated heterocycles. The van der Waals surface area contributed by atoms with Crippen LogP contribution in [0.2, 0.25) is 5.02 Å². The number of hydrogen-bond donors (Lipinski definition) is 2. The summed E-state index contributed by atoms with van der Waals surface area (Å²) in [6.45, 7) is 4.38. The number of carbonyl (C=O) groups excluding carboxylic acids is 1. The minimum Gasteiger partial charge on any atom is -0.308 e. The van der Waals surface area contributed by atoms with Gasteiger partial charge in [0.1, 0.15) is 0 Å². The molecule has 134 valence electrons. The third-order valence-corrected chi connectivity index (χ3v) is 5.84. The third-order valence-electron chi connectivity index (χ3n) is 3.54. The average Bonchev–Trinajstić information content (AvgIpc) is 2.56. The van der Waals surface area contributed by atoms with Crippen molar-refractivity contribution < 1.29 is 13.2 Å². The van der Waals surface area contributed by atoms with Crippen LogP contribution in [0.1, 0.15) is 13.8 Å². The lowest BCUT2D eigenvalue weighted by Crippen LogP contribution is -2.30. The SMILES string of the molecule is CCN(CC)S(=O)(=O)c1ccc(NC(=O)Nc2cccc(Cl)c2)cc1. The molecule has 0 atom stereocenters. The maximum Gasteiger partial charge on any atom is 0.323 e. The van der Waals surface area contributed by atoms with Gasteiger partial charge in [0.25, 0.3) is 0 Å². The van der Waals surface area contributed by atoms with Crippen LogP contribution >= 0.6 is 11.6 Å². The van der Waals surface area contributed by atoms with Gasteiger partial charge in [0.2, 0.25) is 10.0 Å². The number of halogens is 1. The molecule has 0 aliphatic heterocycles. The van der Waals surface area contributed by atoms with Crippen molar-refractivity contribution in [1.29, 1.82) is 0 Å². The average molecular weight is 382 g/mol. The van der Waals surface area contributed by atoms with Crippen LogP contribution in [-0.2, 0) is 10.0 Å². The lowest BCUT2D eigenvalue weighted by molar-refractivity contribution is 0.262. The summed E-state index contributed by atoms with van der Waals surface area (Å²) in [4.78, 5) is 12.2. The number of nitrogens with zero attached hydrogens (tertiary/aromatic N) is 1. The zero-order chi connectivity index (χ0) is 18.4. The van der Waals surface area contributed by atoms with Crippen molar-refractivity contribution in [3.63, 3.8) is 0 Å². The van der Waals surface area contributed by atoms with Gasteiger partial charge in [-0.05, 0) is 42.5 Å². The van der Waals surface area contributed by atoms with E-state index in [1.807, 2.05) is 0 Å². The lowest BCUT2D eigenvalue weighted by Gasteiger charge is -2.18. The second-order valence-corrected chi connectivity index (χ2v) is 7.58. The fourth-order valence-electron chi connectivity index (χ4n) is 2.28. The molecule has 2 rings (SSSR count).